The van der Waals surface area contributed by atoms with Crippen LogP contribution in [0, 0.1) is 10.1 Å². The van der Waals surface area contributed by atoms with Gasteiger partial charge < -0.3 is 9.64 Å². The molecule has 1 amide bonds. The molecule has 0 saturated heterocycles. The van der Waals surface area contributed by atoms with Gasteiger partial charge in [0.05, 0.1) is 10.5 Å². The molecule has 0 N–H and O–H groups in total. The Hall–Kier alpha value is -2.44. The monoisotopic (exact) mass is 378 g/mol. The van der Waals surface area contributed by atoms with E-state index < -0.39 is 22.4 Å². The van der Waals surface area contributed by atoms with E-state index in [1.165, 1.54) is 19.1 Å². The van der Waals surface area contributed by atoms with Crippen molar-refractivity contribution in [3.63, 3.8) is 0 Å². The maximum Gasteiger partial charge on any atom is 0.339 e. The van der Waals surface area contributed by atoms with Gasteiger partial charge in [0.25, 0.3) is 11.6 Å². The largest absolute Gasteiger partial charge is 0.449 e. The molecular weight excluding hydrogens is 348 g/mol. The molecule has 1 aromatic carbocycles. The van der Waals surface area contributed by atoms with Crippen molar-refractivity contribution in [2.75, 3.05) is 0 Å². The first-order valence-electron chi connectivity index (χ1n) is 9.09. The number of rotatable bonds is 6. The maximum atomic E-state index is 12.6. The Kier molecular flexibility index (Phi) is 7.11. The second-order valence-corrected chi connectivity index (χ2v) is 8.22. The normalized spacial score (nSPS) is 12.8. The quantitative estimate of drug-likeness (QED) is 0.423. The number of nitro benzene ring substituents is 1. The fourth-order valence-corrected chi connectivity index (χ4v) is 3.04. The zero-order chi connectivity index (χ0) is 21.1. The van der Waals surface area contributed by atoms with Crippen molar-refractivity contribution in [2.24, 2.45) is 0 Å². The van der Waals surface area contributed by atoms with Gasteiger partial charge in [-0.2, -0.15) is 0 Å². The molecule has 1 atom stereocenters. The van der Waals surface area contributed by atoms with Crippen LogP contribution in [-0.2, 0) is 14.9 Å². The van der Waals surface area contributed by atoms with E-state index in [1.807, 2.05) is 48.5 Å². The van der Waals surface area contributed by atoms with E-state index in [0.29, 0.717) is 5.56 Å². The molecule has 0 aliphatic rings. The average molecular weight is 378 g/mol. The number of hydrogen-bond acceptors (Lipinski definition) is 5. The van der Waals surface area contributed by atoms with Crippen LogP contribution in [0.2, 0.25) is 0 Å². The molecule has 0 spiro atoms. The molecular formula is C20H30N2O5. The Balaban J connectivity index is 3.08. The molecule has 0 aliphatic heterocycles. The van der Waals surface area contributed by atoms with Crippen molar-refractivity contribution in [2.45, 2.75) is 79.0 Å². The van der Waals surface area contributed by atoms with E-state index in [0.717, 1.165) is 0 Å². The summed E-state index contributed by atoms with van der Waals surface area (Å²) in [6.07, 6.45) is -0.983. The van der Waals surface area contributed by atoms with Crippen molar-refractivity contribution in [1.29, 1.82) is 0 Å². The lowest BCUT2D eigenvalue weighted by atomic mass is 9.85. The topological polar surface area (TPSA) is 89.7 Å². The van der Waals surface area contributed by atoms with Gasteiger partial charge in [-0.1, -0.05) is 26.8 Å². The van der Waals surface area contributed by atoms with Crippen LogP contribution in [0.25, 0.3) is 0 Å². The summed E-state index contributed by atoms with van der Waals surface area (Å²) in [6.45, 7) is 14.7. The first-order chi connectivity index (χ1) is 12.3. The highest BCUT2D eigenvalue weighted by Gasteiger charge is 2.30. The van der Waals surface area contributed by atoms with Gasteiger partial charge in [0.2, 0.25) is 0 Å². The van der Waals surface area contributed by atoms with Crippen molar-refractivity contribution in [3.05, 3.63) is 39.4 Å². The van der Waals surface area contributed by atoms with Crippen LogP contribution >= 0.6 is 0 Å². The van der Waals surface area contributed by atoms with E-state index in [9.17, 15) is 19.7 Å². The summed E-state index contributed by atoms with van der Waals surface area (Å²) >= 11 is 0. The maximum absolute atomic E-state index is 12.6. The van der Waals surface area contributed by atoms with Gasteiger partial charge in [-0.25, -0.2) is 4.79 Å². The molecule has 1 rings (SSSR count). The number of carbonyl (C=O) groups excluding carboxylic acids is 2. The Morgan fingerprint density at radius 1 is 1.07 bits per heavy atom. The SMILES string of the molecule is CC(OC(=O)c1ccc(C(C)(C)C)c([N+](=O)[O-])c1)C(=O)N(C(C)C)C(C)C. The van der Waals surface area contributed by atoms with Crippen LogP contribution in [0.15, 0.2) is 18.2 Å². The summed E-state index contributed by atoms with van der Waals surface area (Å²) < 4.78 is 5.29. The summed E-state index contributed by atoms with van der Waals surface area (Å²) in [5.41, 5.74) is -0.000717. The highest BCUT2D eigenvalue weighted by atomic mass is 16.6. The molecule has 0 saturated carbocycles. The van der Waals surface area contributed by atoms with Crippen molar-refractivity contribution in [1.82, 2.24) is 4.90 Å². The first-order valence-corrected chi connectivity index (χ1v) is 9.09. The van der Waals surface area contributed by atoms with E-state index >= 15 is 0 Å². The second-order valence-electron chi connectivity index (χ2n) is 8.22. The first kappa shape index (κ1) is 22.6. The summed E-state index contributed by atoms with van der Waals surface area (Å²) in [5, 5.41) is 11.4. The number of ether oxygens (including phenoxy) is 1. The van der Waals surface area contributed by atoms with Gasteiger partial charge in [-0.05, 0) is 46.1 Å². The lowest BCUT2D eigenvalue weighted by Crippen LogP contribution is -2.47. The molecule has 7 nitrogen and oxygen atoms in total. The zero-order valence-electron chi connectivity index (χ0n) is 17.4. The number of benzene rings is 1. The van der Waals surface area contributed by atoms with Gasteiger partial charge in [0, 0.05) is 23.7 Å². The van der Waals surface area contributed by atoms with E-state index in [-0.39, 0.29) is 29.2 Å². The molecule has 0 radical (unpaired) electrons. The third-order valence-corrected chi connectivity index (χ3v) is 4.24. The van der Waals surface area contributed by atoms with Crippen molar-refractivity contribution >= 4 is 17.6 Å². The van der Waals surface area contributed by atoms with E-state index in [2.05, 4.69) is 0 Å². The Labute approximate surface area is 160 Å². The van der Waals surface area contributed by atoms with Crippen LogP contribution < -0.4 is 0 Å². The van der Waals surface area contributed by atoms with Gasteiger partial charge in [0.1, 0.15) is 0 Å². The predicted molar refractivity (Wildman–Crippen MR) is 104 cm³/mol. The van der Waals surface area contributed by atoms with E-state index in [4.69, 9.17) is 4.74 Å². The summed E-state index contributed by atoms with van der Waals surface area (Å²) in [7, 11) is 0. The third kappa shape index (κ3) is 5.52. The molecule has 27 heavy (non-hydrogen) atoms. The molecule has 0 aliphatic carbocycles. The van der Waals surface area contributed by atoms with Crippen LogP contribution in [0.3, 0.4) is 0 Å². The highest BCUT2D eigenvalue weighted by Crippen LogP contribution is 2.32. The number of esters is 1. The van der Waals surface area contributed by atoms with Gasteiger partial charge in [-0.15, -0.1) is 0 Å². The second kappa shape index (κ2) is 8.50. The molecule has 150 valence electrons. The molecule has 1 unspecified atom stereocenters. The molecule has 7 heteroatoms. The summed E-state index contributed by atoms with van der Waals surface area (Å²) in [6, 6.07) is 4.20. The van der Waals surface area contributed by atoms with Crippen LogP contribution in [0.5, 0.6) is 0 Å². The van der Waals surface area contributed by atoms with Gasteiger partial charge in [0.15, 0.2) is 6.10 Å². The Bertz CT molecular complexity index is 712. The van der Waals surface area contributed by atoms with Gasteiger partial charge in [-0.3, -0.25) is 14.9 Å². The predicted octanol–water partition coefficient (Wildman–Crippen LogP) is 4.08. The minimum atomic E-state index is -0.983. The third-order valence-electron chi connectivity index (χ3n) is 4.24. The number of carbonyl (C=O) groups is 2. The van der Waals surface area contributed by atoms with Crippen LogP contribution in [0.4, 0.5) is 5.69 Å². The minimum Gasteiger partial charge on any atom is -0.449 e. The van der Waals surface area contributed by atoms with Crippen LogP contribution in [0.1, 0.15) is 71.3 Å². The number of nitro groups is 1. The Morgan fingerprint density at radius 2 is 1.59 bits per heavy atom. The molecule has 0 aromatic heterocycles. The highest BCUT2D eigenvalue weighted by molar-refractivity contribution is 5.93. The number of amides is 1. The fourth-order valence-electron chi connectivity index (χ4n) is 3.04. The van der Waals surface area contributed by atoms with Gasteiger partial charge >= 0.3 is 5.97 Å². The number of nitrogens with zero attached hydrogens (tertiary/aromatic N) is 2. The lowest BCUT2D eigenvalue weighted by Gasteiger charge is -2.32. The van der Waals surface area contributed by atoms with E-state index in [1.54, 1.807) is 11.0 Å². The standard InChI is InChI=1S/C20H30N2O5/c1-12(2)21(13(3)4)18(23)14(5)27-19(24)15-9-10-16(20(6,7)8)17(11-15)22(25)26/h9-14H,1-8H3. The van der Waals surface area contributed by atoms with Crippen molar-refractivity contribution < 1.29 is 19.2 Å². The average Bonchev–Trinajstić information content (AvgIpc) is 2.52. The summed E-state index contributed by atoms with van der Waals surface area (Å²) in [5.74, 6) is -1.05. The number of hydrogen-bond donors (Lipinski definition) is 0. The Morgan fingerprint density at radius 3 is 2.00 bits per heavy atom. The van der Waals surface area contributed by atoms with Crippen molar-refractivity contribution in [3.8, 4) is 0 Å². The summed E-state index contributed by atoms with van der Waals surface area (Å²) in [4.78, 5) is 37.6. The fraction of sp³-hybridized carbons (Fsp3) is 0.600. The smallest absolute Gasteiger partial charge is 0.339 e. The minimum absolute atomic E-state index is 0.0363. The molecule has 0 fully saturated rings. The molecule has 1 aromatic rings. The van der Waals surface area contributed by atoms with Crippen LogP contribution in [-0.4, -0.2) is 39.9 Å². The zero-order valence-corrected chi connectivity index (χ0v) is 17.4. The molecule has 0 heterocycles. The molecule has 0 bridgehead atoms. The lowest BCUT2D eigenvalue weighted by molar-refractivity contribution is -0.386.